The highest BCUT2D eigenvalue weighted by molar-refractivity contribution is 6.24. The first-order chi connectivity index (χ1) is 19.0. The molecular weight excluding hydrogens is 532 g/mol. The van der Waals surface area contributed by atoms with Crippen molar-refractivity contribution in [3.63, 3.8) is 0 Å². The van der Waals surface area contributed by atoms with Crippen molar-refractivity contribution in [1.29, 1.82) is 0 Å². The molecular formula is C29H38N4O8. The van der Waals surface area contributed by atoms with Crippen LogP contribution in [0.3, 0.4) is 0 Å². The number of likely N-dealkylation sites (N-methyl/N-ethyl adjacent to an activating group) is 2. The number of rotatable bonds is 8. The summed E-state index contributed by atoms with van der Waals surface area (Å²) in [7, 11) is 10.3. The zero-order chi connectivity index (χ0) is 30.7. The number of primary amides is 1. The largest absolute Gasteiger partial charge is 0.508 e. The van der Waals surface area contributed by atoms with Gasteiger partial charge >= 0.3 is 0 Å². The van der Waals surface area contributed by atoms with Crippen molar-refractivity contribution in [1.82, 2.24) is 9.80 Å². The van der Waals surface area contributed by atoms with Gasteiger partial charge in [0.25, 0.3) is 5.91 Å². The number of benzene rings is 1. The maximum absolute atomic E-state index is 14.0. The van der Waals surface area contributed by atoms with E-state index in [1.807, 2.05) is 4.90 Å². The fraction of sp³-hybridized carbons (Fsp3) is 0.517. The van der Waals surface area contributed by atoms with Crippen LogP contribution in [0.4, 0.5) is 5.69 Å². The summed E-state index contributed by atoms with van der Waals surface area (Å²) in [5.41, 5.74) is 3.28. The van der Waals surface area contributed by atoms with E-state index in [-0.39, 0.29) is 54.9 Å². The fourth-order valence-electron chi connectivity index (χ4n) is 6.64. The second-order valence-corrected chi connectivity index (χ2v) is 11.9. The number of aromatic hydroxyl groups is 1. The summed E-state index contributed by atoms with van der Waals surface area (Å²) in [6.45, 7) is 0.234. The summed E-state index contributed by atoms with van der Waals surface area (Å²) in [5, 5.41) is 45.6. The van der Waals surface area contributed by atoms with Gasteiger partial charge < -0.3 is 36.0 Å². The number of ketones is 3. The lowest BCUT2D eigenvalue weighted by Crippen LogP contribution is -2.65. The number of hydrogen-bond donors (Lipinski definition) is 5. The number of hydrogen-bond acceptors (Lipinski definition) is 11. The van der Waals surface area contributed by atoms with Crippen molar-refractivity contribution in [2.24, 2.45) is 17.6 Å². The van der Waals surface area contributed by atoms with Crippen LogP contribution in [-0.4, -0.2) is 114 Å². The summed E-state index contributed by atoms with van der Waals surface area (Å²) in [6, 6.07) is 0.618. The molecule has 1 fully saturated rings. The third kappa shape index (κ3) is 4.69. The van der Waals surface area contributed by atoms with Gasteiger partial charge in [-0.25, -0.2) is 0 Å². The molecule has 1 amide bonds. The number of Topliss-reactive ketones (excluding diaryl/α,β-unsaturated/α-hetero) is 3. The van der Waals surface area contributed by atoms with E-state index in [0.29, 0.717) is 16.8 Å². The third-order valence-corrected chi connectivity index (χ3v) is 8.42. The molecule has 0 bridgehead atoms. The van der Waals surface area contributed by atoms with Gasteiger partial charge in [-0.3, -0.25) is 24.1 Å². The molecule has 0 saturated heterocycles. The Bertz CT molecular complexity index is 1410. The van der Waals surface area contributed by atoms with E-state index in [4.69, 9.17) is 5.73 Å². The highest BCUT2D eigenvalue weighted by Crippen LogP contribution is 2.54. The molecule has 3 aliphatic rings. The van der Waals surface area contributed by atoms with E-state index >= 15 is 0 Å². The lowest BCUT2D eigenvalue weighted by atomic mass is 9.57. The van der Waals surface area contributed by atoms with Gasteiger partial charge in [-0.2, -0.15) is 0 Å². The number of nitrogens with two attached hydrogens (primary N) is 1. The highest BCUT2D eigenvalue weighted by atomic mass is 16.3. The molecule has 3 aliphatic carbocycles. The molecule has 1 unspecified atom stereocenters. The summed E-state index contributed by atoms with van der Waals surface area (Å²) in [6.07, 6.45) is 0.540. The molecule has 1 saturated carbocycles. The normalized spacial score (nSPS) is 25.8. The predicted octanol–water partition coefficient (Wildman–Crippen LogP) is 0.0933. The number of anilines is 1. The summed E-state index contributed by atoms with van der Waals surface area (Å²) >= 11 is 0. The van der Waals surface area contributed by atoms with Crippen molar-refractivity contribution in [3.05, 3.63) is 39.7 Å². The topological polar surface area (TPSA) is 185 Å². The SMILES string of the molecule is CN(C)CC(=O)CCc1cc(N(C)C)c2c(c1O)C(O)=C1C(=O)[C@@]3(O)C(O)=C(C(N)=O)C(=O)C(N(C)C)[C@H]3C[C@@H]1C2. The number of aryl methyl sites for hydroxylation is 1. The summed E-state index contributed by atoms with van der Waals surface area (Å²) < 4.78 is 0. The van der Waals surface area contributed by atoms with Crippen LogP contribution >= 0.6 is 0 Å². The van der Waals surface area contributed by atoms with Crippen LogP contribution in [-0.2, 0) is 32.0 Å². The van der Waals surface area contributed by atoms with Gasteiger partial charge in [-0.05, 0) is 70.6 Å². The van der Waals surface area contributed by atoms with Crippen LogP contribution in [0.5, 0.6) is 5.75 Å². The Kier molecular flexibility index (Phi) is 7.80. The molecule has 0 spiro atoms. The van der Waals surface area contributed by atoms with Gasteiger partial charge in [0.2, 0.25) is 5.78 Å². The van der Waals surface area contributed by atoms with Crippen LogP contribution in [0.1, 0.15) is 29.5 Å². The summed E-state index contributed by atoms with van der Waals surface area (Å²) in [5.74, 6) is -6.93. The van der Waals surface area contributed by atoms with E-state index < -0.39 is 58.0 Å². The maximum atomic E-state index is 14.0. The van der Waals surface area contributed by atoms with Crippen LogP contribution in [0.2, 0.25) is 0 Å². The van der Waals surface area contributed by atoms with Crippen LogP contribution in [0, 0.1) is 11.8 Å². The number of carbonyl (C=O) groups excluding carboxylic acids is 4. The predicted molar refractivity (Wildman–Crippen MR) is 150 cm³/mol. The van der Waals surface area contributed by atoms with E-state index in [1.165, 1.54) is 4.90 Å². The average Bonchev–Trinajstić information content (AvgIpc) is 2.84. The quantitative estimate of drug-likeness (QED) is 0.267. The van der Waals surface area contributed by atoms with Crippen molar-refractivity contribution in [3.8, 4) is 5.75 Å². The first-order valence-corrected chi connectivity index (χ1v) is 13.4. The fourth-order valence-corrected chi connectivity index (χ4v) is 6.64. The molecule has 4 rings (SSSR count). The van der Waals surface area contributed by atoms with Gasteiger partial charge in [0.1, 0.15) is 28.6 Å². The molecule has 12 nitrogen and oxygen atoms in total. The van der Waals surface area contributed by atoms with E-state index in [2.05, 4.69) is 0 Å². The molecule has 4 atom stereocenters. The molecule has 222 valence electrons. The lowest BCUT2D eigenvalue weighted by molar-refractivity contribution is -0.153. The zero-order valence-electron chi connectivity index (χ0n) is 24.2. The van der Waals surface area contributed by atoms with Gasteiger partial charge in [0, 0.05) is 37.7 Å². The van der Waals surface area contributed by atoms with Gasteiger partial charge in [-0.1, -0.05) is 0 Å². The Balaban J connectivity index is 1.90. The third-order valence-electron chi connectivity index (χ3n) is 8.42. The minimum atomic E-state index is -2.69. The molecule has 0 radical (unpaired) electrons. The van der Waals surface area contributed by atoms with Gasteiger partial charge in [-0.15, -0.1) is 0 Å². The van der Waals surface area contributed by atoms with Crippen molar-refractivity contribution in [2.75, 3.05) is 53.7 Å². The summed E-state index contributed by atoms with van der Waals surface area (Å²) in [4.78, 5) is 56.8. The van der Waals surface area contributed by atoms with E-state index in [9.17, 15) is 39.6 Å². The first kappa shape index (κ1) is 30.2. The number of nitrogens with zero attached hydrogens (tertiary/aromatic N) is 3. The smallest absolute Gasteiger partial charge is 0.255 e. The molecule has 41 heavy (non-hydrogen) atoms. The standard InChI is InChI=1S/C29H38N4O8/c1-31(2)12-15(34)8-7-13-11-18(32(3)4)16-9-14-10-17-22(33(5)6)25(37)21(28(30)40)27(39)29(17,41)26(38)19(14)24(36)20(16)23(13)35/h11,14,17,22,35-36,39,41H,7-10,12H2,1-6H3,(H2,30,40)/t14-,17+,22?,29+/m0/s1. The van der Waals surface area contributed by atoms with Crippen molar-refractivity contribution >= 4 is 34.7 Å². The van der Waals surface area contributed by atoms with E-state index in [0.717, 1.165) is 0 Å². The number of aliphatic hydroxyl groups excluding tert-OH is 2. The molecule has 12 heteroatoms. The van der Waals surface area contributed by atoms with Crippen molar-refractivity contribution in [2.45, 2.75) is 37.3 Å². The van der Waals surface area contributed by atoms with Crippen LogP contribution in [0.25, 0.3) is 5.76 Å². The minimum absolute atomic E-state index is 0.0141. The number of aliphatic hydroxyl groups is 3. The van der Waals surface area contributed by atoms with Gasteiger partial charge in [0.05, 0.1) is 18.2 Å². The molecule has 0 aromatic heterocycles. The molecule has 1 aromatic carbocycles. The highest BCUT2D eigenvalue weighted by Gasteiger charge is 2.64. The number of fused-ring (bicyclic) bond motifs is 3. The number of amides is 1. The van der Waals surface area contributed by atoms with Gasteiger partial charge in [0.15, 0.2) is 11.4 Å². The number of phenols is 1. The Morgan fingerprint density at radius 3 is 2.24 bits per heavy atom. The zero-order valence-corrected chi connectivity index (χ0v) is 24.2. The number of carbonyl (C=O) groups is 4. The van der Waals surface area contributed by atoms with Crippen molar-refractivity contribution < 1.29 is 39.6 Å². The molecule has 0 heterocycles. The van der Waals surface area contributed by atoms with Crippen LogP contribution in [0.15, 0.2) is 23.0 Å². The lowest BCUT2D eigenvalue weighted by Gasteiger charge is -2.50. The van der Waals surface area contributed by atoms with Crippen LogP contribution < -0.4 is 10.6 Å². The Morgan fingerprint density at radius 2 is 1.71 bits per heavy atom. The second-order valence-electron chi connectivity index (χ2n) is 11.9. The molecule has 0 aliphatic heterocycles. The second kappa shape index (κ2) is 10.6. The Labute approximate surface area is 238 Å². The number of phenolic OH excluding ortho intramolecular Hbond substituents is 1. The molecule has 1 aromatic rings. The van der Waals surface area contributed by atoms with E-state index in [1.54, 1.807) is 53.3 Å². The molecule has 6 N–H and O–H groups in total. The minimum Gasteiger partial charge on any atom is -0.508 e. The average molecular weight is 571 g/mol. The maximum Gasteiger partial charge on any atom is 0.255 e. The Hall–Kier alpha value is -3.74. The first-order valence-electron chi connectivity index (χ1n) is 13.4. The monoisotopic (exact) mass is 570 g/mol. The Morgan fingerprint density at radius 1 is 1.07 bits per heavy atom.